The number of rotatable bonds is 7. The van der Waals surface area contributed by atoms with Crippen molar-refractivity contribution in [1.82, 2.24) is 19.7 Å². The molecule has 0 saturated carbocycles. The van der Waals surface area contributed by atoms with E-state index < -0.39 is 11.6 Å². The molecule has 11 heteroatoms. The molecular formula is C26H26F2N4O5. The molecule has 0 aliphatic carbocycles. The molecule has 2 amide bonds. The first-order valence-corrected chi connectivity index (χ1v) is 11.9. The summed E-state index contributed by atoms with van der Waals surface area (Å²) in [6, 6.07) is 9.01. The zero-order chi connectivity index (χ0) is 25.9. The molecule has 5 rings (SSSR count). The predicted octanol–water partition coefficient (Wildman–Crippen LogP) is 3.19. The average molecular weight is 513 g/mol. The fraction of sp³-hybridized carbons (Fsp3) is 0.346. The van der Waals surface area contributed by atoms with Gasteiger partial charge in [0.15, 0.2) is 17.2 Å². The van der Waals surface area contributed by atoms with Crippen LogP contribution in [0.5, 0.6) is 11.5 Å². The van der Waals surface area contributed by atoms with Gasteiger partial charge in [0.2, 0.25) is 18.6 Å². The maximum Gasteiger partial charge on any atom is 0.275 e. The number of oxazole rings is 1. The molecule has 194 valence electrons. The Bertz CT molecular complexity index is 1310. The standard InChI is InChI=1S/C26H26F2N4O5/c1-17(33)31-6-8-32(9-7-31)26(34)22-15-35-25(29-22)14-30(13-19-3-4-20(27)11-21(19)28)12-18-2-5-23-24(10-18)37-16-36-23/h2-5,10-11,15H,6-9,12-14,16H2,1H3. The van der Waals surface area contributed by atoms with E-state index in [0.717, 1.165) is 11.6 Å². The van der Waals surface area contributed by atoms with Crippen LogP contribution in [0.25, 0.3) is 0 Å². The first-order chi connectivity index (χ1) is 17.9. The molecule has 3 aromatic rings. The molecule has 1 fully saturated rings. The molecule has 0 N–H and O–H groups in total. The van der Waals surface area contributed by atoms with Gasteiger partial charge >= 0.3 is 0 Å². The number of carbonyl (C=O) groups excluding carboxylic acids is 2. The van der Waals surface area contributed by atoms with E-state index in [9.17, 15) is 18.4 Å². The minimum Gasteiger partial charge on any atom is -0.454 e. The highest BCUT2D eigenvalue weighted by Crippen LogP contribution is 2.33. The fourth-order valence-electron chi connectivity index (χ4n) is 4.42. The summed E-state index contributed by atoms with van der Waals surface area (Å²) in [7, 11) is 0. The topological polar surface area (TPSA) is 88.4 Å². The van der Waals surface area contributed by atoms with Crippen molar-refractivity contribution in [1.29, 1.82) is 0 Å². The molecule has 0 radical (unpaired) electrons. The highest BCUT2D eigenvalue weighted by molar-refractivity contribution is 5.92. The van der Waals surface area contributed by atoms with Crippen LogP contribution in [0.2, 0.25) is 0 Å². The van der Waals surface area contributed by atoms with Gasteiger partial charge in [-0.25, -0.2) is 13.8 Å². The lowest BCUT2D eigenvalue weighted by Gasteiger charge is -2.33. The maximum absolute atomic E-state index is 14.4. The number of ether oxygens (including phenoxy) is 2. The zero-order valence-corrected chi connectivity index (χ0v) is 20.3. The monoisotopic (exact) mass is 512 g/mol. The van der Waals surface area contributed by atoms with Gasteiger partial charge in [-0.05, 0) is 23.8 Å². The van der Waals surface area contributed by atoms with Crippen LogP contribution in [0.15, 0.2) is 47.1 Å². The Hall–Kier alpha value is -3.99. The maximum atomic E-state index is 14.4. The second-order valence-electron chi connectivity index (χ2n) is 8.99. The third-order valence-corrected chi connectivity index (χ3v) is 6.39. The first-order valence-electron chi connectivity index (χ1n) is 11.9. The molecule has 1 aromatic heterocycles. The minimum absolute atomic E-state index is 0.0176. The van der Waals surface area contributed by atoms with Crippen LogP contribution in [0.3, 0.4) is 0 Å². The molecule has 0 bridgehead atoms. The van der Waals surface area contributed by atoms with Gasteiger partial charge < -0.3 is 23.7 Å². The Labute approximate surface area is 212 Å². The van der Waals surface area contributed by atoms with Crippen molar-refractivity contribution in [3.63, 3.8) is 0 Å². The van der Waals surface area contributed by atoms with E-state index in [1.807, 2.05) is 23.1 Å². The fourth-order valence-corrected chi connectivity index (χ4v) is 4.42. The van der Waals surface area contributed by atoms with Gasteiger partial charge in [-0.15, -0.1) is 0 Å². The summed E-state index contributed by atoms with van der Waals surface area (Å²) in [5, 5.41) is 0. The Morgan fingerprint density at radius 3 is 2.46 bits per heavy atom. The van der Waals surface area contributed by atoms with Crippen molar-refractivity contribution >= 4 is 11.8 Å². The quantitative estimate of drug-likeness (QED) is 0.481. The van der Waals surface area contributed by atoms with Crippen molar-refractivity contribution in [3.8, 4) is 11.5 Å². The molecule has 2 aromatic carbocycles. The Kier molecular flexibility index (Phi) is 7.04. The number of fused-ring (bicyclic) bond motifs is 1. The number of aromatic nitrogens is 1. The third kappa shape index (κ3) is 5.72. The second kappa shape index (κ2) is 10.6. The van der Waals surface area contributed by atoms with Crippen molar-refractivity contribution < 1.29 is 32.3 Å². The molecule has 0 spiro atoms. The number of piperazine rings is 1. The van der Waals surface area contributed by atoms with Gasteiger partial charge in [0.25, 0.3) is 5.91 Å². The Morgan fingerprint density at radius 1 is 0.946 bits per heavy atom. The summed E-state index contributed by atoms with van der Waals surface area (Å²) in [4.78, 5) is 34.0. The van der Waals surface area contributed by atoms with Crippen molar-refractivity contribution in [3.05, 3.63) is 77.0 Å². The SMILES string of the molecule is CC(=O)N1CCN(C(=O)c2coc(CN(Cc3ccc4c(c3)OCO4)Cc3ccc(F)cc3F)n2)CC1. The van der Waals surface area contributed by atoms with Crippen LogP contribution in [0.1, 0.15) is 34.4 Å². The molecule has 9 nitrogen and oxygen atoms in total. The smallest absolute Gasteiger partial charge is 0.275 e. The van der Waals surface area contributed by atoms with E-state index in [1.54, 1.807) is 9.80 Å². The van der Waals surface area contributed by atoms with Gasteiger partial charge in [0.05, 0.1) is 6.54 Å². The predicted molar refractivity (Wildman–Crippen MR) is 127 cm³/mol. The number of benzene rings is 2. The van der Waals surface area contributed by atoms with E-state index in [-0.39, 0.29) is 43.3 Å². The Morgan fingerprint density at radius 2 is 1.70 bits per heavy atom. The van der Waals surface area contributed by atoms with Gasteiger partial charge in [0.1, 0.15) is 17.9 Å². The van der Waals surface area contributed by atoms with Gasteiger partial charge in [-0.1, -0.05) is 12.1 Å². The number of nitrogens with zero attached hydrogens (tertiary/aromatic N) is 4. The zero-order valence-electron chi connectivity index (χ0n) is 20.3. The van der Waals surface area contributed by atoms with E-state index in [0.29, 0.717) is 49.8 Å². The molecular weight excluding hydrogens is 486 g/mol. The summed E-state index contributed by atoms with van der Waals surface area (Å²) in [5.41, 5.74) is 1.37. The number of amides is 2. The van der Waals surface area contributed by atoms with Gasteiger partial charge in [-0.2, -0.15) is 0 Å². The largest absolute Gasteiger partial charge is 0.454 e. The van der Waals surface area contributed by atoms with Crippen LogP contribution in [0.4, 0.5) is 8.78 Å². The normalized spacial score (nSPS) is 14.9. The molecule has 2 aliphatic rings. The van der Waals surface area contributed by atoms with Crippen LogP contribution in [-0.4, -0.2) is 64.5 Å². The number of hydrogen-bond acceptors (Lipinski definition) is 7. The summed E-state index contributed by atoms with van der Waals surface area (Å²) >= 11 is 0. The van der Waals surface area contributed by atoms with E-state index >= 15 is 0 Å². The summed E-state index contributed by atoms with van der Waals surface area (Å²) < 4.78 is 44.3. The molecule has 37 heavy (non-hydrogen) atoms. The molecule has 0 atom stereocenters. The molecule has 2 aliphatic heterocycles. The third-order valence-electron chi connectivity index (χ3n) is 6.39. The Balaban J connectivity index is 1.31. The van der Waals surface area contributed by atoms with Crippen LogP contribution in [-0.2, 0) is 24.4 Å². The van der Waals surface area contributed by atoms with E-state index in [1.165, 1.54) is 25.3 Å². The minimum atomic E-state index is -0.649. The van der Waals surface area contributed by atoms with Gasteiger partial charge in [0, 0.05) is 57.8 Å². The van der Waals surface area contributed by atoms with Crippen molar-refractivity contribution in [2.45, 2.75) is 26.6 Å². The highest BCUT2D eigenvalue weighted by atomic mass is 19.1. The number of halogens is 2. The van der Waals surface area contributed by atoms with Gasteiger partial charge in [-0.3, -0.25) is 14.5 Å². The van der Waals surface area contributed by atoms with E-state index in [2.05, 4.69) is 4.98 Å². The summed E-state index contributed by atoms with van der Waals surface area (Å²) in [5.74, 6) is -0.0264. The number of carbonyl (C=O) groups is 2. The summed E-state index contributed by atoms with van der Waals surface area (Å²) in [6.45, 7) is 4.15. The van der Waals surface area contributed by atoms with Crippen LogP contribution >= 0.6 is 0 Å². The first kappa shape index (κ1) is 24.7. The molecule has 3 heterocycles. The van der Waals surface area contributed by atoms with Crippen molar-refractivity contribution in [2.24, 2.45) is 0 Å². The lowest BCUT2D eigenvalue weighted by atomic mass is 10.1. The van der Waals surface area contributed by atoms with Crippen LogP contribution < -0.4 is 9.47 Å². The molecule has 0 unspecified atom stereocenters. The highest BCUT2D eigenvalue weighted by Gasteiger charge is 2.26. The summed E-state index contributed by atoms with van der Waals surface area (Å²) in [6.07, 6.45) is 1.31. The lowest BCUT2D eigenvalue weighted by molar-refractivity contribution is -0.130. The number of hydrogen-bond donors (Lipinski definition) is 0. The second-order valence-corrected chi connectivity index (χ2v) is 8.99. The van der Waals surface area contributed by atoms with E-state index in [4.69, 9.17) is 13.9 Å². The van der Waals surface area contributed by atoms with Crippen LogP contribution in [0, 0.1) is 11.6 Å². The molecule has 1 saturated heterocycles. The van der Waals surface area contributed by atoms with Crippen molar-refractivity contribution in [2.75, 3.05) is 33.0 Å². The average Bonchev–Trinajstić information content (AvgIpc) is 3.54. The lowest BCUT2D eigenvalue weighted by Crippen LogP contribution is -2.50.